The van der Waals surface area contributed by atoms with E-state index >= 15 is 0 Å². The van der Waals surface area contributed by atoms with E-state index in [0.717, 1.165) is 15.8 Å². The quantitative estimate of drug-likeness (QED) is 0.446. The van der Waals surface area contributed by atoms with Gasteiger partial charge in [-0.05, 0) is 13.8 Å². The van der Waals surface area contributed by atoms with Gasteiger partial charge in [0, 0.05) is 5.33 Å². The topological polar surface area (TPSA) is 9.23 Å². The predicted molar refractivity (Wildman–Crippen MR) is 38.9 cm³/mol. The molecule has 0 rings (SSSR count). The molecule has 0 aromatic rings. The van der Waals surface area contributed by atoms with Crippen LogP contribution in [0.4, 0.5) is 0 Å². The fraction of sp³-hybridized carbons (Fsp3) is 1.00. The highest BCUT2D eigenvalue weighted by Gasteiger charge is 2.11. The maximum atomic E-state index is 5.18. The molecular weight excluding hydrogens is 172 g/mol. The second kappa shape index (κ2) is 2.84. The van der Waals surface area contributed by atoms with Crippen molar-refractivity contribution in [2.75, 3.05) is 5.33 Å². The molecule has 0 aliphatic rings. The van der Waals surface area contributed by atoms with E-state index in [-0.39, 0.29) is 5.60 Å². The Balaban J connectivity index is 3.36. The molecule has 0 spiro atoms. The Kier molecular flexibility index (Phi) is 3.11. The van der Waals surface area contributed by atoms with Crippen molar-refractivity contribution in [1.29, 1.82) is 0 Å². The Labute approximate surface area is 56.1 Å². The Morgan fingerprint density at radius 2 is 2.14 bits per heavy atom. The lowest BCUT2D eigenvalue weighted by Crippen LogP contribution is -2.24. The van der Waals surface area contributed by atoms with Gasteiger partial charge in [0.25, 0.3) is 0 Å². The third-order valence-corrected chi connectivity index (χ3v) is 3.33. The first-order chi connectivity index (χ1) is 3.12. The summed E-state index contributed by atoms with van der Waals surface area (Å²) in [5, 5.41) is 0.920. The molecule has 0 N–H and O–H groups in total. The molecule has 0 heterocycles. The standard InChI is InChI=1S/C4H11BrOSi/c1-4(2,3-5)6-7/h3H2,1-2,7H3. The fourth-order valence-corrected chi connectivity index (χ4v) is 0.850. The lowest BCUT2D eigenvalue weighted by atomic mass is 10.2. The van der Waals surface area contributed by atoms with E-state index in [1.165, 1.54) is 0 Å². The molecule has 0 aromatic heterocycles. The van der Waals surface area contributed by atoms with Crippen LogP contribution >= 0.6 is 15.9 Å². The first-order valence-electron chi connectivity index (χ1n) is 2.23. The number of hydrogen-bond donors (Lipinski definition) is 0. The molecule has 44 valence electrons. The summed E-state index contributed by atoms with van der Waals surface area (Å²) in [5.74, 6) is 0. The van der Waals surface area contributed by atoms with Crippen LogP contribution in [-0.4, -0.2) is 21.4 Å². The summed E-state index contributed by atoms with van der Waals surface area (Å²) in [4.78, 5) is 0. The van der Waals surface area contributed by atoms with Crippen molar-refractivity contribution in [3.63, 3.8) is 0 Å². The van der Waals surface area contributed by atoms with Crippen LogP contribution in [0.5, 0.6) is 0 Å². The molecule has 0 atom stereocenters. The van der Waals surface area contributed by atoms with Gasteiger partial charge in [0.2, 0.25) is 0 Å². The van der Waals surface area contributed by atoms with Gasteiger partial charge < -0.3 is 4.43 Å². The van der Waals surface area contributed by atoms with Crippen molar-refractivity contribution in [1.82, 2.24) is 0 Å². The zero-order valence-electron chi connectivity index (χ0n) is 4.99. The van der Waals surface area contributed by atoms with E-state index in [2.05, 4.69) is 29.8 Å². The fourth-order valence-electron chi connectivity index (χ4n) is 0.0546. The summed E-state index contributed by atoms with van der Waals surface area (Å²) in [6.07, 6.45) is 0. The molecule has 0 saturated heterocycles. The van der Waals surface area contributed by atoms with Crippen LogP contribution < -0.4 is 0 Å². The highest BCUT2D eigenvalue weighted by molar-refractivity contribution is 9.09. The molecular formula is C4H11BrOSi. The van der Waals surface area contributed by atoms with Gasteiger partial charge in [-0.2, -0.15) is 0 Å². The summed E-state index contributed by atoms with van der Waals surface area (Å²) < 4.78 is 5.18. The van der Waals surface area contributed by atoms with Crippen LogP contribution in [0.15, 0.2) is 0 Å². The van der Waals surface area contributed by atoms with Crippen molar-refractivity contribution in [3.8, 4) is 0 Å². The summed E-state index contributed by atoms with van der Waals surface area (Å²) in [7, 11) is 0.827. The van der Waals surface area contributed by atoms with Crippen LogP contribution in [0.25, 0.3) is 0 Å². The van der Waals surface area contributed by atoms with E-state index in [1.54, 1.807) is 0 Å². The monoisotopic (exact) mass is 182 g/mol. The molecule has 0 aliphatic heterocycles. The largest absolute Gasteiger partial charge is 0.422 e. The highest BCUT2D eigenvalue weighted by Crippen LogP contribution is 2.08. The molecule has 3 heteroatoms. The smallest absolute Gasteiger partial charge is 0.146 e. The van der Waals surface area contributed by atoms with E-state index in [1.807, 2.05) is 0 Å². The van der Waals surface area contributed by atoms with Crippen LogP contribution in [0.3, 0.4) is 0 Å². The van der Waals surface area contributed by atoms with Gasteiger partial charge in [-0.25, -0.2) is 0 Å². The van der Waals surface area contributed by atoms with Crippen LogP contribution in [-0.2, 0) is 4.43 Å². The Hall–Kier alpha value is 0.657. The normalized spacial score (nSPS) is 12.4. The zero-order chi connectivity index (χ0) is 5.91. The lowest BCUT2D eigenvalue weighted by Gasteiger charge is -2.19. The molecule has 7 heavy (non-hydrogen) atoms. The molecule has 0 aliphatic carbocycles. The minimum Gasteiger partial charge on any atom is -0.422 e. The van der Waals surface area contributed by atoms with Crippen molar-refractivity contribution in [3.05, 3.63) is 0 Å². The van der Waals surface area contributed by atoms with Gasteiger partial charge in [-0.1, -0.05) is 15.9 Å². The molecule has 0 saturated carbocycles. The Bertz CT molecular complexity index is 49.7. The SMILES string of the molecule is CC(C)(CBr)O[SiH3]. The molecule has 0 amide bonds. The van der Waals surface area contributed by atoms with Gasteiger partial charge >= 0.3 is 0 Å². The van der Waals surface area contributed by atoms with Crippen molar-refractivity contribution in [2.45, 2.75) is 19.4 Å². The average Bonchev–Trinajstić information content (AvgIpc) is 1.68. The van der Waals surface area contributed by atoms with Crippen LogP contribution in [0.1, 0.15) is 13.8 Å². The Morgan fingerprint density at radius 3 is 2.14 bits per heavy atom. The van der Waals surface area contributed by atoms with Crippen molar-refractivity contribution >= 4 is 26.4 Å². The first kappa shape index (κ1) is 7.66. The number of alkyl halides is 1. The third kappa shape index (κ3) is 3.26. The maximum absolute atomic E-state index is 5.18. The Morgan fingerprint density at radius 1 is 1.71 bits per heavy atom. The average molecular weight is 183 g/mol. The first-order valence-corrected chi connectivity index (χ1v) is 4.17. The third-order valence-electron chi connectivity index (χ3n) is 0.874. The van der Waals surface area contributed by atoms with Gasteiger partial charge in [0.15, 0.2) is 0 Å². The maximum Gasteiger partial charge on any atom is 0.146 e. The minimum absolute atomic E-state index is 0.0617. The van der Waals surface area contributed by atoms with E-state index in [4.69, 9.17) is 4.43 Å². The second-order valence-corrected chi connectivity index (χ2v) is 3.07. The van der Waals surface area contributed by atoms with Gasteiger partial charge in [-0.3, -0.25) is 0 Å². The molecule has 1 nitrogen and oxygen atoms in total. The summed E-state index contributed by atoms with van der Waals surface area (Å²) in [6, 6.07) is 0. The predicted octanol–water partition coefficient (Wildman–Crippen LogP) is 0.457. The molecule has 0 unspecified atom stereocenters. The highest BCUT2D eigenvalue weighted by atomic mass is 79.9. The van der Waals surface area contributed by atoms with Gasteiger partial charge in [0.1, 0.15) is 10.5 Å². The van der Waals surface area contributed by atoms with E-state index in [0.29, 0.717) is 0 Å². The molecule has 0 aromatic carbocycles. The number of rotatable bonds is 2. The number of halogens is 1. The van der Waals surface area contributed by atoms with E-state index < -0.39 is 0 Å². The number of hydrogen-bond acceptors (Lipinski definition) is 1. The molecule has 0 fully saturated rings. The van der Waals surface area contributed by atoms with Gasteiger partial charge in [0.05, 0.1) is 5.60 Å². The van der Waals surface area contributed by atoms with Crippen LogP contribution in [0.2, 0.25) is 0 Å². The van der Waals surface area contributed by atoms with Crippen molar-refractivity contribution in [2.24, 2.45) is 0 Å². The summed E-state index contributed by atoms with van der Waals surface area (Å²) in [6.45, 7) is 4.13. The second-order valence-electron chi connectivity index (χ2n) is 2.10. The summed E-state index contributed by atoms with van der Waals surface area (Å²) in [5.41, 5.74) is 0.0617. The summed E-state index contributed by atoms with van der Waals surface area (Å²) >= 11 is 3.33. The minimum atomic E-state index is 0.0617. The zero-order valence-corrected chi connectivity index (χ0v) is 8.58. The van der Waals surface area contributed by atoms with E-state index in [9.17, 15) is 0 Å². The molecule has 0 radical (unpaired) electrons. The van der Waals surface area contributed by atoms with Gasteiger partial charge in [-0.15, -0.1) is 0 Å². The lowest BCUT2D eigenvalue weighted by molar-refractivity contribution is 0.153. The van der Waals surface area contributed by atoms with Crippen LogP contribution in [0, 0.1) is 0 Å². The molecule has 0 bridgehead atoms. The van der Waals surface area contributed by atoms with Crippen molar-refractivity contribution < 1.29 is 4.43 Å².